The third-order valence-electron chi connectivity index (χ3n) is 4.15. The van der Waals surface area contributed by atoms with E-state index in [9.17, 15) is 9.59 Å². The van der Waals surface area contributed by atoms with Crippen molar-refractivity contribution in [3.63, 3.8) is 0 Å². The fourth-order valence-electron chi connectivity index (χ4n) is 2.91. The van der Waals surface area contributed by atoms with Crippen molar-refractivity contribution in [1.29, 1.82) is 0 Å². The van der Waals surface area contributed by atoms with Crippen LogP contribution in [0, 0.1) is 0 Å². The molecule has 1 N–H and O–H groups in total. The van der Waals surface area contributed by atoms with Gasteiger partial charge in [0.25, 0.3) is 0 Å². The zero-order chi connectivity index (χ0) is 16.1. The lowest BCUT2D eigenvalue weighted by molar-refractivity contribution is -0.135. The molecule has 0 spiro atoms. The summed E-state index contributed by atoms with van der Waals surface area (Å²) in [6.07, 6.45) is 4.29. The molecule has 1 aliphatic carbocycles. The molecule has 5 heteroatoms. The molecule has 1 saturated carbocycles. The number of carbonyl (C=O) groups excluding carboxylic acids is 2. The highest BCUT2D eigenvalue weighted by molar-refractivity contribution is 5.94. The van der Waals surface area contributed by atoms with E-state index in [-0.39, 0.29) is 24.4 Å². The molecule has 1 aromatic rings. The van der Waals surface area contributed by atoms with Crippen molar-refractivity contribution in [2.45, 2.75) is 38.6 Å². The van der Waals surface area contributed by atoms with Crippen LogP contribution in [0.5, 0.6) is 0 Å². The van der Waals surface area contributed by atoms with Crippen molar-refractivity contribution in [2.24, 2.45) is 0 Å². The summed E-state index contributed by atoms with van der Waals surface area (Å²) in [5, 5.41) is 2.87. The Morgan fingerprint density at radius 2 is 1.73 bits per heavy atom. The molecule has 0 aliphatic heterocycles. The number of nitrogens with zero attached hydrogens (tertiary/aromatic N) is 2. The molecule has 2 rings (SSSR count). The van der Waals surface area contributed by atoms with Crippen LogP contribution in [0.1, 0.15) is 32.6 Å². The van der Waals surface area contributed by atoms with E-state index in [4.69, 9.17) is 0 Å². The standard InChI is InChI=1S/C17H25N3O2/c1-13(21)20(16-6-4-5-7-16)12-17(22)18-14-8-10-15(11-9-14)19(2)3/h8-11,16H,4-7,12H2,1-3H3,(H,18,22). The summed E-state index contributed by atoms with van der Waals surface area (Å²) in [4.78, 5) is 27.7. The SMILES string of the molecule is CC(=O)N(CC(=O)Nc1ccc(N(C)C)cc1)C1CCCC1. The molecule has 0 atom stereocenters. The molecule has 5 nitrogen and oxygen atoms in total. The average Bonchev–Trinajstić information content (AvgIpc) is 2.99. The third kappa shape index (κ3) is 4.23. The summed E-state index contributed by atoms with van der Waals surface area (Å²) >= 11 is 0. The molecule has 0 heterocycles. The highest BCUT2D eigenvalue weighted by atomic mass is 16.2. The maximum atomic E-state index is 12.2. The van der Waals surface area contributed by atoms with E-state index in [1.165, 1.54) is 6.92 Å². The number of carbonyl (C=O) groups is 2. The molecule has 22 heavy (non-hydrogen) atoms. The van der Waals surface area contributed by atoms with E-state index in [2.05, 4.69) is 5.32 Å². The smallest absolute Gasteiger partial charge is 0.244 e. The topological polar surface area (TPSA) is 52.7 Å². The highest BCUT2D eigenvalue weighted by Crippen LogP contribution is 2.23. The first-order chi connectivity index (χ1) is 10.5. The molecule has 1 fully saturated rings. The number of hydrogen-bond donors (Lipinski definition) is 1. The third-order valence-corrected chi connectivity index (χ3v) is 4.15. The van der Waals surface area contributed by atoms with Crippen LogP contribution in [0.2, 0.25) is 0 Å². The van der Waals surface area contributed by atoms with Crippen LogP contribution in [0.4, 0.5) is 11.4 Å². The molecule has 1 aliphatic rings. The van der Waals surface area contributed by atoms with Gasteiger partial charge in [0.15, 0.2) is 0 Å². The first-order valence-electron chi connectivity index (χ1n) is 7.82. The summed E-state index contributed by atoms with van der Waals surface area (Å²) in [5.74, 6) is -0.162. The second kappa shape index (κ2) is 7.29. The molecule has 1 aromatic carbocycles. The van der Waals surface area contributed by atoms with Crippen molar-refractivity contribution >= 4 is 23.2 Å². The molecule has 0 saturated heterocycles. The summed E-state index contributed by atoms with van der Waals surface area (Å²) in [5.41, 5.74) is 1.83. The Balaban J connectivity index is 1.94. The van der Waals surface area contributed by atoms with Gasteiger partial charge in [-0.1, -0.05) is 12.8 Å². The van der Waals surface area contributed by atoms with Gasteiger partial charge in [-0.2, -0.15) is 0 Å². The zero-order valence-corrected chi connectivity index (χ0v) is 13.6. The monoisotopic (exact) mass is 303 g/mol. The quantitative estimate of drug-likeness (QED) is 0.909. The fourth-order valence-corrected chi connectivity index (χ4v) is 2.91. The number of amides is 2. The average molecular weight is 303 g/mol. The van der Waals surface area contributed by atoms with E-state index in [1.807, 2.05) is 43.3 Å². The Labute approximate surface area is 132 Å². The van der Waals surface area contributed by atoms with Crippen molar-refractivity contribution in [3.05, 3.63) is 24.3 Å². The van der Waals surface area contributed by atoms with Crippen molar-refractivity contribution in [3.8, 4) is 0 Å². The van der Waals surface area contributed by atoms with Crippen molar-refractivity contribution in [2.75, 3.05) is 30.9 Å². The molecular formula is C17H25N3O2. The molecule has 0 aromatic heterocycles. The van der Waals surface area contributed by atoms with Gasteiger partial charge < -0.3 is 15.1 Å². The Morgan fingerprint density at radius 1 is 1.14 bits per heavy atom. The molecule has 120 valence electrons. The Kier molecular flexibility index (Phi) is 5.41. The maximum absolute atomic E-state index is 12.2. The number of nitrogens with one attached hydrogen (secondary N) is 1. The van der Waals surface area contributed by atoms with Crippen molar-refractivity contribution in [1.82, 2.24) is 4.90 Å². The van der Waals surface area contributed by atoms with Crippen LogP contribution >= 0.6 is 0 Å². The molecule has 0 unspecified atom stereocenters. The van der Waals surface area contributed by atoms with Gasteiger partial charge in [-0.05, 0) is 37.1 Å². The zero-order valence-electron chi connectivity index (χ0n) is 13.6. The van der Waals surface area contributed by atoms with Gasteiger partial charge in [0.1, 0.15) is 6.54 Å². The largest absolute Gasteiger partial charge is 0.378 e. The van der Waals surface area contributed by atoms with Crippen LogP contribution < -0.4 is 10.2 Å². The van der Waals surface area contributed by atoms with E-state index in [0.29, 0.717) is 0 Å². The van der Waals surface area contributed by atoms with E-state index < -0.39 is 0 Å². The van der Waals surface area contributed by atoms with Gasteiger partial charge in [0.05, 0.1) is 0 Å². The Morgan fingerprint density at radius 3 is 2.23 bits per heavy atom. The van der Waals surface area contributed by atoms with Gasteiger partial charge in [-0.15, -0.1) is 0 Å². The lowest BCUT2D eigenvalue weighted by Gasteiger charge is -2.27. The molecule has 0 radical (unpaired) electrons. The first kappa shape index (κ1) is 16.3. The van der Waals surface area contributed by atoms with Crippen LogP contribution in [-0.2, 0) is 9.59 Å². The van der Waals surface area contributed by atoms with E-state index in [0.717, 1.165) is 37.1 Å². The predicted molar refractivity (Wildman–Crippen MR) is 89.0 cm³/mol. The second-order valence-electron chi connectivity index (χ2n) is 6.07. The van der Waals surface area contributed by atoms with Crippen LogP contribution in [-0.4, -0.2) is 43.4 Å². The number of rotatable bonds is 5. The van der Waals surface area contributed by atoms with Gasteiger partial charge >= 0.3 is 0 Å². The molecule has 2 amide bonds. The highest BCUT2D eigenvalue weighted by Gasteiger charge is 2.26. The Hall–Kier alpha value is -2.04. The van der Waals surface area contributed by atoms with E-state index in [1.54, 1.807) is 4.90 Å². The summed E-state index contributed by atoms with van der Waals surface area (Å²) in [6.45, 7) is 1.67. The number of benzene rings is 1. The summed E-state index contributed by atoms with van der Waals surface area (Å²) in [6, 6.07) is 7.88. The molecule has 0 bridgehead atoms. The van der Waals surface area contributed by atoms with E-state index >= 15 is 0 Å². The lowest BCUT2D eigenvalue weighted by Crippen LogP contribution is -2.42. The van der Waals surface area contributed by atoms with Gasteiger partial charge in [0, 0.05) is 38.4 Å². The van der Waals surface area contributed by atoms with Gasteiger partial charge in [-0.25, -0.2) is 0 Å². The predicted octanol–water partition coefficient (Wildman–Crippen LogP) is 2.48. The van der Waals surface area contributed by atoms with Gasteiger partial charge in [-0.3, -0.25) is 9.59 Å². The summed E-state index contributed by atoms with van der Waals surface area (Å²) < 4.78 is 0. The second-order valence-corrected chi connectivity index (χ2v) is 6.07. The van der Waals surface area contributed by atoms with Crippen LogP contribution in [0.15, 0.2) is 24.3 Å². The van der Waals surface area contributed by atoms with Crippen LogP contribution in [0.25, 0.3) is 0 Å². The number of anilines is 2. The van der Waals surface area contributed by atoms with Crippen LogP contribution in [0.3, 0.4) is 0 Å². The first-order valence-corrected chi connectivity index (χ1v) is 7.82. The normalized spacial score (nSPS) is 14.7. The summed E-state index contributed by atoms with van der Waals surface area (Å²) in [7, 11) is 3.94. The maximum Gasteiger partial charge on any atom is 0.244 e. The minimum absolute atomic E-state index is 0.0231. The van der Waals surface area contributed by atoms with Gasteiger partial charge in [0.2, 0.25) is 11.8 Å². The molecular weight excluding hydrogens is 278 g/mol. The number of hydrogen-bond acceptors (Lipinski definition) is 3. The Bertz CT molecular complexity index is 519. The minimum atomic E-state index is -0.139. The van der Waals surface area contributed by atoms with Crippen molar-refractivity contribution < 1.29 is 9.59 Å². The fraction of sp³-hybridized carbons (Fsp3) is 0.529. The minimum Gasteiger partial charge on any atom is -0.378 e. The lowest BCUT2D eigenvalue weighted by atomic mass is 10.2.